The molecule has 2 saturated heterocycles. The minimum absolute atomic E-state index is 0.0302. The van der Waals surface area contributed by atoms with Crippen molar-refractivity contribution in [2.45, 2.75) is 31.7 Å². The molecule has 0 saturated carbocycles. The molecule has 0 radical (unpaired) electrons. The minimum Gasteiger partial charge on any atom is -0.370 e. The Kier molecular flexibility index (Phi) is 6.25. The summed E-state index contributed by atoms with van der Waals surface area (Å²) in [4.78, 5) is 8.12. The van der Waals surface area contributed by atoms with Crippen molar-refractivity contribution in [3.8, 4) is 0 Å². The van der Waals surface area contributed by atoms with Crippen LogP contribution >= 0.6 is 0 Å². The second-order valence-corrected chi connectivity index (χ2v) is 7.03. The highest BCUT2D eigenvalue weighted by Crippen LogP contribution is 2.23. The molecule has 2 aliphatic heterocycles. The number of aryl methyl sites for hydroxylation is 1. The molecule has 1 aromatic rings. The molecular weight excluding hydrogens is 361 g/mol. The van der Waals surface area contributed by atoms with E-state index in [0.29, 0.717) is 45.8 Å². The number of likely N-dealkylation sites (tertiary alicyclic amines) is 1. The van der Waals surface area contributed by atoms with Gasteiger partial charge in [0.05, 0.1) is 25.9 Å². The molecule has 27 heavy (non-hydrogen) atoms. The van der Waals surface area contributed by atoms with E-state index in [2.05, 4.69) is 20.3 Å². The second-order valence-electron chi connectivity index (χ2n) is 7.03. The molecule has 0 aliphatic carbocycles. The van der Waals surface area contributed by atoms with E-state index in [1.807, 2.05) is 20.2 Å². The maximum atomic E-state index is 12.6. The predicted molar refractivity (Wildman–Crippen MR) is 95.5 cm³/mol. The van der Waals surface area contributed by atoms with Gasteiger partial charge in [-0.3, -0.25) is 14.6 Å². The van der Waals surface area contributed by atoms with Gasteiger partial charge in [0, 0.05) is 51.0 Å². The first kappa shape index (κ1) is 19.9. The van der Waals surface area contributed by atoms with E-state index in [0.717, 1.165) is 11.5 Å². The molecule has 0 bridgehead atoms. The van der Waals surface area contributed by atoms with Crippen molar-refractivity contribution >= 4 is 5.96 Å². The first-order chi connectivity index (χ1) is 12.8. The predicted octanol–water partition coefficient (Wildman–Crippen LogP) is 1.40. The van der Waals surface area contributed by atoms with Crippen molar-refractivity contribution in [1.29, 1.82) is 0 Å². The van der Waals surface area contributed by atoms with Crippen LogP contribution in [0.25, 0.3) is 0 Å². The molecule has 1 N–H and O–H groups in total. The van der Waals surface area contributed by atoms with Crippen molar-refractivity contribution in [3.05, 3.63) is 18.0 Å². The average molecular weight is 388 g/mol. The van der Waals surface area contributed by atoms with Crippen LogP contribution in [0.5, 0.6) is 0 Å². The summed E-state index contributed by atoms with van der Waals surface area (Å²) in [7, 11) is 1.86. The summed E-state index contributed by atoms with van der Waals surface area (Å²) in [5, 5.41) is 7.56. The lowest BCUT2D eigenvalue weighted by atomic mass is 10.1. The highest BCUT2D eigenvalue weighted by molar-refractivity contribution is 5.80. The van der Waals surface area contributed by atoms with Crippen LogP contribution in [-0.4, -0.2) is 83.6 Å². The van der Waals surface area contributed by atoms with Crippen LogP contribution < -0.4 is 5.32 Å². The van der Waals surface area contributed by atoms with Gasteiger partial charge in [-0.05, 0) is 13.3 Å². The normalized spacial score (nSPS) is 25.2. The van der Waals surface area contributed by atoms with Gasteiger partial charge in [-0.15, -0.1) is 0 Å². The van der Waals surface area contributed by atoms with Gasteiger partial charge in [0.15, 0.2) is 5.96 Å². The van der Waals surface area contributed by atoms with E-state index in [4.69, 9.17) is 4.74 Å². The molecular formula is C17H27F3N6O. The topological polar surface area (TPSA) is 57.9 Å². The third-order valence-electron chi connectivity index (χ3n) is 4.78. The number of hydrogen-bond acceptors (Lipinski definition) is 4. The number of rotatable bonds is 4. The number of guanidine groups is 1. The van der Waals surface area contributed by atoms with Crippen LogP contribution in [0.1, 0.15) is 25.0 Å². The molecule has 2 unspecified atom stereocenters. The van der Waals surface area contributed by atoms with Crippen LogP contribution in [0, 0.1) is 0 Å². The SMILES string of the molecule is CCN=C(NC1CCN(CC(F)(F)F)C1)N1CCOC(c2cnn(C)c2)C1. The monoisotopic (exact) mass is 388 g/mol. The molecule has 0 aromatic carbocycles. The maximum Gasteiger partial charge on any atom is 0.401 e. The first-order valence-corrected chi connectivity index (χ1v) is 9.29. The summed E-state index contributed by atoms with van der Waals surface area (Å²) in [5.41, 5.74) is 1.01. The van der Waals surface area contributed by atoms with Crippen LogP contribution in [0.2, 0.25) is 0 Å². The van der Waals surface area contributed by atoms with Gasteiger partial charge in [0.2, 0.25) is 0 Å². The summed E-state index contributed by atoms with van der Waals surface area (Å²) in [5.74, 6) is 0.744. The number of aliphatic imine (C=N–C) groups is 1. The van der Waals surface area contributed by atoms with Crippen LogP contribution in [0.4, 0.5) is 13.2 Å². The quantitative estimate of drug-likeness (QED) is 0.624. The lowest BCUT2D eigenvalue weighted by Crippen LogP contribution is -2.51. The van der Waals surface area contributed by atoms with E-state index in [1.165, 1.54) is 4.90 Å². The van der Waals surface area contributed by atoms with Gasteiger partial charge in [-0.25, -0.2) is 0 Å². The van der Waals surface area contributed by atoms with Crippen molar-refractivity contribution in [2.75, 3.05) is 45.9 Å². The average Bonchev–Trinajstić information content (AvgIpc) is 3.22. The maximum absolute atomic E-state index is 12.6. The van der Waals surface area contributed by atoms with E-state index >= 15 is 0 Å². The van der Waals surface area contributed by atoms with Crippen LogP contribution in [-0.2, 0) is 11.8 Å². The zero-order valence-electron chi connectivity index (χ0n) is 15.7. The summed E-state index contributed by atoms with van der Waals surface area (Å²) in [6.07, 6.45) is 0.154. The van der Waals surface area contributed by atoms with Gasteiger partial charge in [0.1, 0.15) is 6.10 Å². The van der Waals surface area contributed by atoms with Crippen molar-refractivity contribution in [2.24, 2.45) is 12.0 Å². The van der Waals surface area contributed by atoms with Gasteiger partial charge in [-0.1, -0.05) is 0 Å². The smallest absolute Gasteiger partial charge is 0.370 e. The fraction of sp³-hybridized carbons (Fsp3) is 0.765. The number of aromatic nitrogens is 2. The number of nitrogens with zero attached hydrogens (tertiary/aromatic N) is 5. The molecule has 10 heteroatoms. The molecule has 7 nitrogen and oxygen atoms in total. The molecule has 0 spiro atoms. The van der Waals surface area contributed by atoms with E-state index in [9.17, 15) is 13.2 Å². The lowest BCUT2D eigenvalue weighted by Gasteiger charge is -2.35. The van der Waals surface area contributed by atoms with Gasteiger partial charge in [0.25, 0.3) is 0 Å². The minimum atomic E-state index is -4.16. The Morgan fingerprint density at radius 1 is 1.37 bits per heavy atom. The van der Waals surface area contributed by atoms with Crippen molar-refractivity contribution in [1.82, 2.24) is 24.9 Å². The molecule has 2 aliphatic rings. The fourth-order valence-corrected chi connectivity index (χ4v) is 3.57. The molecule has 3 heterocycles. The molecule has 3 rings (SSSR count). The second kappa shape index (κ2) is 8.47. The van der Waals surface area contributed by atoms with Gasteiger partial charge >= 0.3 is 6.18 Å². The standard InChI is InChI=1S/C17H27F3N6O/c1-3-21-16(23-14-4-5-25(10-14)12-17(18,19)20)26-6-7-27-15(11-26)13-8-22-24(2)9-13/h8-9,14-15H,3-7,10-12H2,1-2H3,(H,21,23). The van der Waals surface area contributed by atoms with E-state index in [1.54, 1.807) is 10.9 Å². The highest BCUT2D eigenvalue weighted by Gasteiger charge is 2.35. The fourth-order valence-electron chi connectivity index (χ4n) is 3.57. The molecule has 0 amide bonds. The molecule has 1 aromatic heterocycles. The highest BCUT2D eigenvalue weighted by atomic mass is 19.4. The Morgan fingerprint density at radius 2 is 2.19 bits per heavy atom. The molecule has 152 valence electrons. The summed E-state index contributed by atoms with van der Waals surface area (Å²) < 4.78 is 45.4. The van der Waals surface area contributed by atoms with Gasteiger partial charge < -0.3 is 15.0 Å². The van der Waals surface area contributed by atoms with Crippen LogP contribution in [0.3, 0.4) is 0 Å². The Balaban J connectivity index is 1.59. The number of ether oxygens (including phenoxy) is 1. The third-order valence-corrected chi connectivity index (χ3v) is 4.78. The first-order valence-electron chi connectivity index (χ1n) is 9.29. The van der Waals surface area contributed by atoms with Crippen molar-refractivity contribution < 1.29 is 17.9 Å². The Bertz CT molecular complexity index is 647. The number of morpholine rings is 1. The van der Waals surface area contributed by atoms with E-state index in [-0.39, 0.29) is 12.1 Å². The Labute approximate surface area is 157 Å². The summed E-state index contributed by atoms with van der Waals surface area (Å²) >= 11 is 0. The van der Waals surface area contributed by atoms with Gasteiger partial charge in [-0.2, -0.15) is 18.3 Å². The Hall–Kier alpha value is -1.81. The lowest BCUT2D eigenvalue weighted by molar-refractivity contribution is -0.143. The van der Waals surface area contributed by atoms with Crippen molar-refractivity contribution in [3.63, 3.8) is 0 Å². The van der Waals surface area contributed by atoms with Crippen LogP contribution in [0.15, 0.2) is 17.4 Å². The zero-order valence-corrected chi connectivity index (χ0v) is 15.7. The number of nitrogens with one attached hydrogen (secondary N) is 1. The number of hydrogen-bond donors (Lipinski definition) is 1. The Morgan fingerprint density at radius 3 is 2.85 bits per heavy atom. The summed E-state index contributed by atoms with van der Waals surface area (Å²) in [6.45, 7) is 4.41. The number of alkyl halides is 3. The molecule has 2 fully saturated rings. The molecule has 2 atom stereocenters. The van der Waals surface area contributed by atoms with E-state index < -0.39 is 12.7 Å². The third kappa shape index (κ3) is 5.58. The summed E-state index contributed by atoms with van der Waals surface area (Å²) in [6, 6.07) is -0.0302. The largest absolute Gasteiger partial charge is 0.401 e. The zero-order chi connectivity index (χ0) is 19.4. The number of halogens is 3.